The van der Waals surface area contributed by atoms with Crippen molar-refractivity contribution in [2.45, 2.75) is 19.5 Å². The smallest absolute Gasteiger partial charge is 0.266 e. The van der Waals surface area contributed by atoms with Crippen molar-refractivity contribution in [3.05, 3.63) is 75.5 Å². The summed E-state index contributed by atoms with van der Waals surface area (Å²) in [5.41, 5.74) is 2.05. The predicted molar refractivity (Wildman–Crippen MR) is 108 cm³/mol. The van der Waals surface area contributed by atoms with Gasteiger partial charge in [0.05, 0.1) is 12.2 Å². The van der Waals surface area contributed by atoms with Crippen LogP contribution in [0, 0.1) is 0 Å². The molecule has 1 aliphatic heterocycles. The highest BCUT2D eigenvalue weighted by Crippen LogP contribution is 2.35. The van der Waals surface area contributed by atoms with E-state index in [1.165, 1.54) is 10.7 Å². The predicted octanol–water partition coefficient (Wildman–Crippen LogP) is 3.00. The van der Waals surface area contributed by atoms with Gasteiger partial charge in [-0.25, -0.2) is 4.68 Å². The number of carbonyl (C=O) groups is 1. The topological polar surface area (TPSA) is 82.5 Å². The highest BCUT2D eigenvalue weighted by atomic mass is 35.5. The second kappa shape index (κ2) is 8.36. The summed E-state index contributed by atoms with van der Waals surface area (Å²) in [5.74, 6) is 1.15. The number of carbonyl (C=O) groups excluding carboxylic acids is 1. The van der Waals surface area contributed by atoms with E-state index >= 15 is 0 Å². The van der Waals surface area contributed by atoms with Crippen LogP contribution in [0.4, 0.5) is 0 Å². The van der Waals surface area contributed by atoms with E-state index in [4.69, 9.17) is 21.1 Å². The lowest BCUT2D eigenvalue weighted by Gasteiger charge is -2.09. The van der Waals surface area contributed by atoms with Crippen LogP contribution in [-0.4, -0.2) is 22.5 Å². The van der Waals surface area contributed by atoms with Crippen LogP contribution < -0.4 is 20.3 Å². The number of hydrogen-bond donors (Lipinski definition) is 1. The molecule has 8 heteroatoms. The Kier molecular flexibility index (Phi) is 5.48. The minimum absolute atomic E-state index is 0.137. The van der Waals surface area contributed by atoms with Crippen LogP contribution in [0.5, 0.6) is 11.5 Å². The molecule has 4 rings (SSSR count). The van der Waals surface area contributed by atoms with Gasteiger partial charge in [0.2, 0.25) is 12.7 Å². The lowest BCUT2D eigenvalue weighted by atomic mass is 10.1. The fraction of sp³-hybridized carbons (Fsp3) is 0.190. The summed E-state index contributed by atoms with van der Waals surface area (Å²) in [7, 11) is 0. The number of aryl methyl sites for hydroxylation is 1. The first-order valence-corrected chi connectivity index (χ1v) is 9.45. The molecule has 3 aromatic rings. The first-order chi connectivity index (χ1) is 14.1. The van der Waals surface area contributed by atoms with Crippen molar-refractivity contribution in [3.8, 4) is 22.8 Å². The summed E-state index contributed by atoms with van der Waals surface area (Å²) in [6.45, 7) is 0.744. The van der Waals surface area contributed by atoms with Gasteiger partial charge in [-0.05, 0) is 42.0 Å². The molecule has 0 saturated heterocycles. The Morgan fingerprint density at radius 3 is 2.83 bits per heavy atom. The van der Waals surface area contributed by atoms with Crippen molar-refractivity contribution < 1.29 is 14.3 Å². The quantitative estimate of drug-likeness (QED) is 0.674. The Morgan fingerprint density at radius 1 is 1.10 bits per heavy atom. The van der Waals surface area contributed by atoms with E-state index in [9.17, 15) is 9.59 Å². The van der Waals surface area contributed by atoms with Gasteiger partial charge >= 0.3 is 0 Å². The van der Waals surface area contributed by atoms with Crippen molar-refractivity contribution in [3.63, 3.8) is 0 Å². The maximum absolute atomic E-state index is 12.2. The molecule has 1 amide bonds. The molecule has 1 aliphatic rings. The average molecular weight is 412 g/mol. The monoisotopic (exact) mass is 411 g/mol. The number of ether oxygens (including phenoxy) is 2. The summed E-state index contributed by atoms with van der Waals surface area (Å²) in [4.78, 5) is 24.3. The second-order valence-electron chi connectivity index (χ2n) is 6.50. The summed E-state index contributed by atoms with van der Waals surface area (Å²) in [5, 5.41) is 7.82. The van der Waals surface area contributed by atoms with Crippen LogP contribution >= 0.6 is 11.6 Å². The van der Waals surface area contributed by atoms with Crippen molar-refractivity contribution in [1.82, 2.24) is 15.1 Å². The largest absolute Gasteiger partial charge is 0.454 e. The van der Waals surface area contributed by atoms with Crippen LogP contribution in [0.15, 0.2) is 59.4 Å². The minimum atomic E-state index is -0.267. The Bertz CT molecular complexity index is 1110. The highest BCUT2D eigenvalue weighted by molar-refractivity contribution is 6.30. The summed E-state index contributed by atoms with van der Waals surface area (Å²) < 4.78 is 12.0. The second-order valence-corrected chi connectivity index (χ2v) is 6.94. The van der Waals surface area contributed by atoms with Crippen LogP contribution in [0.25, 0.3) is 11.3 Å². The first-order valence-electron chi connectivity index (χ1n) is 9.08. The third-order valence-electron chi connectivity index (χ3n) is 4.46. The van der Waals surface area contributed by atoms with Gasteiger partial charge in [0, 0.05) is 29.6 Å². The highest BCUT2D eigenvalue weighted by Gasteiger charge is 2.15. The van der Waals surface area contributed by atoms with Crippen LogP contribution in [-0.2, 0) is 17.9 Å². The molecule has 2 aromatic carbocycles. The first kappa shape index (κ1) is 19.0. The Balaban J connectivity index is 1.40. The van der Waals surface area contributed by atoms with E-state index in [0.717, 1.165) is 11.1 Å². The van der Waals surface area contributed by atoms with Gasteiger partial charge in [-0.1, -0.05) is 23.7 Å². The SMILES string of the molecule is O=C(CCn1nc(-c2ccc3c(c2)OCO3)ccc1=O)NCc1cccc(Cl)c1. The number of hydrogen-bond acceptors (Lipinski definition) is 5. The molecule has 1 N–H and O–H groups in total. The molecule has 0 radical (unpaired) electrons. The standard InChI is InChI=1S/C21H18ClN3O4/c22-16-3-1-2-14(10-16)12-23-20(26)8-9-25-21(27)7-5-17(24-25)15-4-6-18-19(11-15)29-13-28-18/h1-7,10-11H,8-9,12-13H2,(H,23,26). The number of nitrogens with zero attached hydrogens (tertiary/aromatic N) is 2. The Morgan fingerprint density at radius 2 is 1.97 bits per heavy atom. The van der Waals surface area contributed by atoms with Gasteiger partial charge in [-0.15, -0.1) is 0 Å². The lowest BCUT2D eigenvalue weighted by Crippen LogP contribution is -2.28. The maximum Gasteiger partial charge on any atom is 0.266 e. The molecule has 7 nitrogen and oxygen atoms in total. The molecule has 29 heavy (non-hydrogen) atoms. The average Bonchev–Trinajstić information content (AvgIpc) is 3.19. The molecule has 148 valence electrons. The Labute approximate surface area is 171 Å². The van der Waals surface area contributed by atoms with Gasteiger partial charge in [-0.3, -0.25) is 9.59 Å². The van der Waals surface area contributed by atoms with Crippen LogP contribution in [0.1, 0.15) is 12.0 Å². The number of amides is 1. The maximum atomic E-state index is 12.2. The molecule has 0 atom stereocenters. The number of halogens is 1. The molecule has 0 saturated carbocycles. The zero-order valence-corrected chi connectivity index (χ0v) is 16.2. The number of benzene rings is 2. The molecule has 0 bridgehead atoms. The van der Waals surface area contributed by atoms with Crippen molar-refractivity contribution in [2.75, 3.05) is 6.79 Å². The van der Waals surface area contributed by atoms with Crippen molar-refractivity contribution >= 4 is 17.5 Å². The summed E-state index contributed by atoms with van der Waals surface area (Å²) >= 11 is 5.94. The van der Waals surface area contributed by atoms with E-state index in [1.54, 1.807) is 24.3 Å². The molecular formula is C21H18ClN3O4. The van der Waals surface area contributed by atoms with E-state index in [-0.39, 0.29) is 31.2 Å². The van der Waals surface area contributed by atoms with Crippen molar-refractivity contribution in [1.29, 1.82) is 0 Å². The molecule has 0 unspecified atom stereocenters. The van der Waals surface area contributed by atoms with E-state index in [2.05, 4.69) is 10.4 Å². The summed E-state index contributed by atoms with van der Waals surface area (Å²) in [6, 6.07) is 15.8. The van der Waals surface area contributed by atoms with Crippen LogP contribution in [0.3, 0.4) is 0 Å². The van der Waals surface area contributed by atoms with Crippen LogP contribution in [0.2, 0.25) is 5.02 Å². The third kappa shape index (κ3) is 4.57. The minimum Gasteiger partial charge on any atom is -0.454 e. The Hall–Kier alpha value is -3.32. The lowest BCUT2D eigenvalue weighted by molar-refractivity contribution is -0.121. The fourth-order valence-electron chi connectivity index (χ4n) is 2.96. The molecule has 0 aliphatic carbocycles. The zero-order valence-electron chi connectivity index (χ0n) is 15.4. The molecule has 0 spiro atoms. The molecular weight excluding hydrogens is 394 g/mol. The molecule has 0 fully saturated rings. The van der Waals surface area contributed by atoms with Gasteiger partial charge in [0.25, 0.3) is 5.56 Å². The number of rotatable bonds is 6. The molecule has 1 aromatic heterocycles. The van der Waals surface area contributed by atoms with Gasteiger partial charge in [0.15, 0.2) is 11.5 Å². The summed E-state index contributed by atoms with van der Waals surface area (Å²) in [6.07, 6.45) is 0.137. The number of nitrogens with one attached hydrogen (secondary N) is 1. The number of fused-ring (bicyclic) bond motifs is 1. The van der Waals surface area contributed by atoms with Crippen molar-refractivity contribution in [2.24, 2.45) is 0 Å². The van der Waals surface area contributed by atoms with E-state index in [0.29, 0.717) is 28.8 Å². The van der Waals surface area contributed by atoms with Gasteiger partial charge in [-0.2, -0.15) is 5.10 Å². The van der Waals surface area contributed by atoms with Gasteiger partial charge in [0.1, 0.15) is 0 Å². The third-order valence-corrected chi connectivity index (χ3v) is 4.70. The van der Waals surface area contributed by atoms with E-state index < -0.39 is 0 Å². The van der Waals surface area contributed by atoms with Gasteiger partial charge < -0.3 is 14.8 Å². The normalized spacial score (nSPS) is 12.0. The zero-order chi connectivity index (χ0) is 20.2. The number of aromatic nitrogens is 2. The van der Waals surface area contributed by atoms with E-state index in [1.807, 2.05) is 24.3 Å². The molecule has 2 heterocycles. The fourth-order valence-corrected chi connectivity index (χ4v) is 3.18.